The van der Waals surface area contributed by atoms with Crippen LogP contribution in [0.15, 0.2) is 18.7 Å². The highest BCUT2D eigenvalue weighted by molar-refractivity contribution is 5.77. The lowest BCUT2D eigenvalue weighted by molar-refractivity contribution is 1.28. The summed E-state index contributed by atoms with van der Waals surface area (Å²) in [5.74, 6) is 0. The average Bonchev–Trinajstić information content (AvgIpc) is 2.10. The van der Waals surface area contributed by atoms with Gasteiger partial charge in [0.25, 0.3) is 0 Å². The average molecular weight is 171 g/mol. The zero-order valence-corrected chi connectivity index (χ0v) is 8.31. The molecule has 1 heteroatoms. The van der Waals surface area contributed by atoms with Crippen LogP contribution in [0.1, 0.15) is 22.3 Å². The van der Waals surface area contributed by atoms with Crippen LogP contribution in [0.2, 0.25) is 0 Å². The standard InChI is InChI=1S/C12H13N/c1-8-5-10(3)12(6-9(8)2)11(4)7-13/h5-6H,4H2,1-3H3. The van der Waals surface area contributed by atoms with Crippen molar-refractivity contribution in [3.8, 4) is 6.07 Å². The first-order valence-electron chi connectivity index (χ1n) is 4.23. The summed E-state index contributed by atoms with van der Waals surface area (Å²) in [6, 6.07) is 6.19. The fourth-order valence-corrected chi connectivity index (χ4v) is 1.35. The topological polar surface area (TPSA) is 23.8 Å². The Morgan fingerprint density at radius 2 is 1.69 bits per heavy atom. The molecule has 0 aromatic heterocycles. The van der Waals surface area contributed by atoms with Crippen LogP contribution >= 0.6 is 0 Å². The summed E-state index contributed by atoms with van der Waals surface area (Å²) in [5, 5.41) is 8.72. The van der Waals surface area contributed by atoms with E-state index in [4.69, 9.17) is 5.26 Å². The van der Waals surface area contributed by atoms with Crippen LogP contribution in [-0.4, -0.2) is 0 Å². The Morgan fingerprint density at radius 1 is 1.15 bits per heavy atom. The van der Waals surface area contributed by atoms with Crippen LogP contribution < -0.4 is 0 Å². The van der Waals surface area contributed by atoms with Crippen molar-refractivity contribution in [3.05, 3.63) is 41.0 Å². The molecular weight excluding hydrogens is 158 g/mol. The van der Waals surface area contributed by atoms with E-state index in [2.05, 4.69) is 25.6 Å². The van der Waals surface area contributed by atoms with Crippen LogP contribution in [0.5, 0.6) is 0 Å². The maximum absolute atomic E-state index is 8.72. The Hall–Kier alpha value is -1.55. The van der Waals surface area contributed by atoms with Gasteiger partial charge >= 0.3 is 0 Å². The maximum atomic E-state index is 8.72. The van der Waals surface area contributed by atoms with Crippen LogP contribution in [0.25, 0.3) is 5.57 Å². The van der Waals surface area contributed by atoms with Crippen molar-refractivity contribution in [2.24, 2.45) is 0 Å². The maximum Gasteiger partial charge on any atom is 0.0991 e. The molecule has 0 saturated heterocycles. The van der Waals surface area contributed by atoms with Crippen molar-refractivity contribution >= 4 is 5.57 Å². The Morgan fingerprint density at radius 3 is 2.23 bits per heavy atom. The third-order valence-electron chi connectivity index (χ3n) is 2.30. The third-order valence-corrected chi connectivity index (χ3v) is 2.30. The molecule has 0 aliphatic rings. The second-order valence-electron chi connectivity index (χ2n) is 3.34. The van der Waals surface area contributed by atoms with E-state index < -0.39 is 0 Å². The van der Waals surface area contributed by atoms with E-state index in [9.17, 15) is 0 Å². The number of aryl methyl sites for hydroxylation is 3. The van der Waals surface area contributed by atoms with Crippen molar-refractivity contribution in [1.29, 1.82) is 5.26 Å². The number of hydrogen-bond acceptors (Lipinski definition) is 1. The Kier molecular flexibility index (Phi) is 2.53. The molecular formula is C12H13N. The van der Waals surface area contributed by atoms with Crippen LogP contribution in [-0.2, 0) is 0 Å². The fraction of sp³-hybridized carbons (Fsp3) is 0.250. The minimum Gasteiger partial charge on any atom is -0.192 e. The molecule has 0 bridgehead atoms. The lowest BCUT2D eigenvalue weighted by Gasteiger charge is -2.07. The van der Waals surface area contributed by atoms with E-state index in [0.717, 1.165) is 11.1 Å². The van der Waals surface area contributed by atoms with Gasteiger partial charge in [-0.05, 0) is 43.0 Å². The van der Waals surface area contributed by atoms with E-state index in [1.165, 1.54) is 11.1 Å². The smallest absolute Gasteiger partial charge is 0.0991 e. The molecule has 1 nitrogen and oxygen atoms in total. The molecule has 0 aliphatic heterocycles. The van der Waals surface area contributed by atoms with Gasteiger partial charge < -0.3 is 0 Å². The Labute approximate surface area is 79.3 Å². The lowest BCUT2D eigenvalue weighted by atomic mass is 9.97. The fourth-order valence-electron chi connectivity index (χ4n) is 1.35. The summed E-state index contributed by atoms with van der Waals surface area (Å²) < 4.78 is 0. The molecule has 1 aromatic rings. The first kappa shape index (κ1) is 9.54. The highest BCUT2D eigenvalue weighted by Crippen LogP contribution is 2.20. The molecule has 13 heavy (non-hydrogen) atoms. The van der Waals surface area contributed by atoms with E-state index in [1.807, 2.05) is 19.9 Å². The number of benzene rings is 1. The minimum atomic E-state index is 0.542. The van der Waals surface area contributed by atoms with Gasteiger partial charge in [0.2, 0.25) is 0 Å². The van der Waals surface area contributed by atoms with Crippen molar-refractivity contribution in [3.63, 3.8) is 0 Å². The monoisotopic (exact) mass is 171 g/mol. The van der Waals surface area contributed by atoms with E-state index in [0.29, 0.717) is 5.57 Å². The summed E-state index contributed by atoms with van der Waals surface area (Å²) >= 11 is 0. The van der Waals surface area contributed by atoms with Gasteiger partial charge in [-0.1, -0.05) is 18.7 Å². The molecule has 0 aliphatic carbocycles. The van der Waals surface area contributed by atoms with Crippen molar-refractivity contribution in [1.82, 2.24) is 0 Å². The van der Waals surface area contributed by atoms with E-state index >= 15 is 0 Å². The zero-order chi connectivity index (χ0) is 10.0. The zero-order valence-electron chi connectivity index (χ0n) is 8.31. The molecule has 0 unspecified atom stereocenters. The molecule has 1 rings (SSSR count). The normalized spacial score (nSPS) is 9.38. The Balaban J connectivity index is 3.33. The summed E-state index contributed by atoms with van der Waals surface area (Å²) in [6.45, 7) is 9.83. The third kappa shape index (κ3) is 1.78. The first-order chi connectivity index (χ1) is 6.06. The number of rotatable bonds is 1. The van der Waals surface area contributed by atoms with E-state index in [1.54, 1.807) is 0 Å². The predicted molar refractivity (Wildman–Crippen MR) is 55.3 cm³/mol. The summed E-state index contributed by atoms with van der Waals surface area (Å²) in [4.78, 5) is 0. The molecule has 0 radical (unpaired) electrons. The molecule has 0 saturated carbocycles. The van der Waals surface area contributed by atoms with Gasteiger partial charge in [-0.2, -0.15) is 5.26 Å². The highest BCUT2D eigenvalue weighted by Gasteiger charge is 2.04. The van der Waals surface area contributed by atoms with Crippen molar-refractivity contribution in [2.45, 2.75) is 20.8 Å². The van der Waals surface area contributed by atoms with Gasteiger partial charge in [0.05, 0.1) is 11.6 Å². The van der Waals surface area contributed by atoms with Crippen LogP contribution in [0.3, 0.4) is 0 Å². The molecule has 0 atom stereocenters. The largest absolute Gasteiger partial charge is 0.192 e. The number of allylic oxidation sites excluding steroid dienone is 1. The molecule has 0 heterocycles. The summed E-state index contributed by atoms with van der Waals surface area (Å²) in [5.41, 5.74) is 5.09. The number of nitrogens with zero attached hydrogens (tertiary/aromatic N) is 1. The molecule has 0 fully saturated rings. The van der Waals surface area contributed by atoms with Gasteiger partial charge in [-0.15, -0.1) is 0 Å². The number of nitriles is 1. The van der Waals surface area contributed by atoms with Gasteiger partial charge in [-0.3, -0.25) is 0 Å². The molecule has 0 amide bonds. The van der Waals surface area contributed by atoms with E-state index in [-0.39, 0.29) is 0 Å². The second-order valence-corrected chi connectivity index (χ2v) is 3.34. The molecule has 0 N–H and O–H groups in total. The van der Waals surface area contributed by atoms with Gasteiger partial charge in [0, 0.05) is 0 Å². The van der Waals surface area contributed by atoms with Gasteiger partial charge in [-0.25, -0.2) is 0 Å². The van der Waals surface area contributed by atoms with Gasteiger partial charge in [0.1, 0.15) is 0 Å². The molecule has 66 valence electrons. The summed E-state index contributed by atoms with van der Waals surface area (Å²) in [7, 11) is 0. The minimum absolute atomic E-state index is 0.542. The van der Waals surface area contributed by atoms with Crippen molar-refractivity contribution < 1.29 is 0 Å². The Bertz CT molecular complexity index is 394. The van der Waals surface area contributed by atoms with Crippen LogP contribution in [0.4, 0.5) is 0 Å². The van der Waals surface area contributed by atoms with Gasteiger partial charge in [0.15, 0.2) is 0 Å². The van der Waals surface area contributed by atoms with Crippen molar-refractivity contribution in [2.75, 3.05) is 0 Å². The summed E-state index contributed by atoms with van der Waals surface area (Å²) in [6.07, 6.45) is 0. The predicted octanol–water partition coefficient (Wildman–Crippen LogP) is 3.15. The molecule has 0 spiro atoms. The SMILES string of the molecule is C=C(C#N)c1cc(C)c(C)cc1C. The van der Waals surface area contributed by atoms with Crippen LogP contribution in [0, 0.1) is 32.1 Å². The lowest BCUT2D eigenvalue weighted by Crippen LogP contribution is -1.90. The molecule has 1 aromatic carbocycles. The first-order valence-corrected chi connectivity index (χ1v) is 4.23. The quantitative estimate of drug-likeness (QED) is 0.595. The second kappa shape index (κ2) is 3.45. The highest BCUT2D eigenvalue weighted by atomic mass is 14.2. The number of hydrogen-bond donors (Lipinski definition) is 0.